The molecular formula is C42H67N7O14S. The van der Waals surface area contributed by atoms with E-state index in [9.17, 15) is 52.2 Å². The lowest BCUT2D eigenvalue weighted by atomic mass is 9.91. The fourth-order valence-corrected chi connectivity index (χ4v) is 7.82. The Balaban J connectivity index is 2.23. The smallest absolute Gasteiger partial charge is 0.397 e. The lowest BCUT2D eigenvalue weighted by Crippen LogP contribution is -2.66. The molecule has 7 N–H and O–H groups in total. The first kappa shape index (κ1) is 53.6. The molecule has 1 aromatic rings. The molecule has 0 saturated carbocycles. The quantitative estimate of drug-likeness (QED) is 0.0611. The Morgan fingerprint density at radius 3 is 2.17 bits per heavy atom. The number of ether oxygens (including phenoxy) is 1. The number of aliphatic hydroxyl groups excluding tert-OH is 2. The highest BCUT2D eigenvalue weighted by molar-refractivity contribution is 7.80. The summed E-state index contributed by atoms with van der Waals surface area (Å²) in [6, 6.07) is 0.270. The topological polar surface area (TPSA) is 291 Å². The molecule has 0 radical (unpaired) electrons. The zero-order valence-electron chi connectivity index (χ0n) is 37.9. The van der Waals surface area contributed by atoms with Crippen LogP contribution >= 0.6 is 0 Å². The van der Waals surface area contributed by atoms with Crippen molar-refractivity contribution < 1.29 is 65.7 Å². The molecule has 2 bridgehead atoms. The second kappa shape index (κ2) is 24.5. The molecule has 3 rings (SSSR count). The predicted octanol–water partition coefficient (Wildman–Crippen LogP) is -0.746. The van der Waals surface area contributed by atoms with Gasteiger partial charge in [-0.05, 0) is 77.1 Å². The van der Waals surface area contributed by atoms with Crippen molar-refractivity contribution in [2.24, 2.45) is 11.8 Å². The van der Waals surface area contributed by atoms with Crippen LogP contribution in [0.2, 0.25) is 0 Å². The van der Waals surface area contributed by atoms with Crippen molar-refractivity contribution in [3.63, 3.8) is 0 Å². The van der Waals surface area contributed by atoms with Crippen LogP contribution in [0.25, 0.3) is 0 Å². The van der Waals surface area contributed by atoms with Gasteiger partial charge in [-0.15, -0.1) is 0 Å². The summed E-state index contributed by atoms with van der Waals surface area (Å²) in [4.78, 5) is 104. The number of benzene rings is 1. The van der Waals surface area contributed by atoms with Crippen LogP contribution < -0.4 is 21.3 Å². The molecule has 11 atom stereocenters. The highest BCUT2D eigenvalue weighted by Gasteiger charge is 2.47. The Hall–Kier alpha value is -4.74. The molecule has 1 unspecified atom stereocenters. The summed E-state index contributed by atoms with van der Waals surface area (Å²) in [5.41, 5.74) is 0.652. The number of nitrogens with one attached hydrogen (secondary N) is 4. The van der Waals surface area contributed by atoms with Gasteiger partial charge in [0.1, 0.15) is 55.2 Å². The average Bonchev–Trinajstić information content (AvgIpc) is 3.24. The minimum absolute atomic E-state index is 0.0159. The number of rotatable bonds is 16. The number of likely N-dealkylation sites (N-methyl/N-ethyl adjacent to an activating group) is 1. The second-order valence-electron chi connectivity index (χ2n) is 16.9. The van der Waals surface area contributed by atoms with Crippen molar-refractivity contribution in [1.29, 1.82) is 0 Å². The van der Waals surface area contributed by atoms with E-state index in [2.05, 4.69) is 25.5 Å². The normalized spacial score (nSPS) is 27.2. The zero-order valence-corrected chi connectivity index (χ0v) is 38.7. The number of piperidine rings is 1. The molecule has 0 aliphatic carbocycles. The van der Waals surface area contributed by atoms with Gasteiger partial charge in [-0.2, -0.15) is 8.42 Å². The number of nitrogens with zero attached hydrogens (tertiary/aromatic N) is 3. The standard InChI is InChI=1S/C42H67N7O14S/c1-9-24(3)33-42(58)63-26(5)34(46-38(54)31(50)23-62-64(59,60)61)39(55)43-28(18-14-15-21-47(6)7)36(52)44-29-19-20-32(51)49(40(29)56)35(25(4)10-2)41(57)48(8)30(37(53)45-33)22-27-16-12-11-13-17-27/h11-13,16-17,24-26,28-35,50-51H,9-10,14-15,18-23H2,1-8H3,(H,43,55)(H,44,52)(H,45,53)(H,46,54)(H,59,60,61)/t24-,25-,26+,28-,29-,30-,31?,32+,33-,34-,35-/m0/s1. The monoisotopic (exact) mass is 925 g/mol. The van der Waals surface area contributed by atoms with Gasteiger partial charge in [0.25, 0.3) is 5.91 Å². The third-order valence-corrected chi connectivity index (χ3v) is 12.2. The highest BCUT2D eigenvalue weighted by atomic mass is 32.3. The molecule has 1 aromatic carbocycles. The molecule has 2 saturated heterocycles. The number of hydrogen-bond donors (Lipinski definition) is 7. The van der Waals surface area contributed by atoms with Crippen LogP contribution in [0.4, 0.5) is 0 Å². The van der Waals surface area contributed by atoms with Gasteiger partial charge < -0.3 is 50.9 Å². The minimum Gasteiger partial charge on any atom is -0.458 e. The second-order valence-corrected chi connectivity index (χ2v) is 18.0. The van der Waals surface area contributed by atoms with E-state index in [-0.39, 0.29) is 25.7 Å². The molecule has 0 aromatic heterocycles. The molecule has 6 amide bonds. The van der Waals surface area contributed by atoms with E-state index in [0.717, 1.165) is 4.90 Å². The van der Waals surface area contributed by atoms with E-state index < -0.39 is 125 Å². The van der Waals surface area contributed by atoms with Gasteiger partial charge in [-0.25, -0.2) is 8.98 Å². The summed E-state index contributed by atoms with van der Waals surface area (Å²) in [7, 11) is 0.000781. The van der Waals surface area contributed by atoms with Gasteiger partial charge in [-0.3, -0.25) is 33.3 Å². The lowest BCUT2D eigenvalue weighted by Gasteiger charge is -2.44. The molecule has 2 heterocycles. The first-order chi connectivity index (χ1) is 30.0. The molecular weight excluding hydrogens is 859 g/mol. The van der Waals surface area contributed by atoms with Crippen molar-refractivity contribution >= 4 is 51.8 Å². The van der Waals surface area contributed by atoms with E-state index in [1.807, 2.05) is 19.0 Å². The Labute approximate surface area is 375 Å². The van der Waals surface area contributed by atoms with Gasteiger partial charge >= 0.3 is 16.4 Å². The molecule has 360 valence electrons. The van der Waals surface area contributed by atoms with E-state index in [1.165, 1.54) is 18.9 Å². The van der Waals surface area contributed by atoms with Gasteiger partial charge in [-0.1, -0.05) is 70.9 Å². The minimum atomic E-state index is -5.10. The van der Waals surface area contributed by atoms with Crippen LogP contribution in [0.15, 0.2) is 30.3 Å². The van der Waals surface area contributed by atoms with Crippen molar-refractivity contribution in [1.82, 2.24) is 36.0 Å². The number of aliphatic hydroxyl groups is 2. The van der Waals surface area contributed by atoms with Crippen molar-refractivity contribution in [3.05, 3.63) is 35.9 Å². The summed E-state index contributed by atoms with van der Waals surface area (Å²) in [6.45, 7) is 7.53. The third kappa shape index (κ3) is 15.2. The largest absolute Gasteiger partial charge is 0.458 e. The Kier molecular flexibility index (Phi) is 20.5. The fraction of sp³-hybridized carbons (Fsp3) is 0.690. The molecule has 22 heteroatoms. The zero-order chi connectivity index (χ0) is 48.1. The van der Waals surface area contributed by atoms with Crippen molar-refractivity contribution in [2.75, 3.05) is 34.3 Å². The van der Waals surface area contributed by atoms with Crippen LogP contribution in [-0.4, -0.2) is 168 Å². The number of carbonyl (C=O) groups is 7. The Morgan fingerprint density at radius 2 is 1.58 bits per heavy atom. The number of unbranched alkanes of at least 4 members (excludes halogenated alkanes) is 1. The van der Waals surface area contributed by atoms with Crippen molar-refractivity contribution in [3.8, 4) is 0 Å². The third-order valence-electron chi connectivity index (χ3n) is 11.8. The highest BCUT2D eigenvalue weighted by Crippen LogP contribution is 2.28. The number of esters is 1. The maximum absolute atomic E-state index is 14.8. The van der Waals surface area contributed by atoms with Gasteiger partial charge in [0.15, 0.2) is 6.10 Å². The predicted molar refractivity (Wildman–Crippen MR) is 231 cm³/mol. The average molecular weight is 926 g/mol. The molecule has 0 spiro atoms. The van der Waals surface area contributed by atoms with E-state index in [1.54, 1.807) is 58.0 Å². The Bertz CT molecular complexity index is 1890. The van der Waals surface area contributed by atoms with Gasteiger partial charge in [0.2, 0.25) is 29.5 Å². The SMILES string of the molecule is CC[C@H](C)[C@@H]1NC(=O)[C@H](Cc2ccccc2)N(C)C(=O)[C@H]([C@@H](C)CC)N2C(=O)[C@H](CC[C@H]2O)NC(=O)[C@H](CCCCN(C)C)NC(=O)[C@@H](NC(=O)C(O)COS(=O)(=O)O)[C@@H](C)OC1=O. The van der Waals surface area contributed by atoms with Crippen molar-refractivity contribution in [2.45, 2.75) is 141 Å². The van der Waals surface area contributed by atoms with E-state index in [0.29, 0.717) is 37.8 Å². The molecule has 2 aliphatic rings. The van der Waals surface area contributed by atoms with Gasteiger partial charge in [0, 0.05) is 13.5 Å². The first-order valence-corrected chi connectivity index (χ1v) is 23.0. The summed E-state index contributed by atoms with van der Waals surface area (Å²) >= 11 is 0. The summed E-state index contributed by atoms with van der Waals surface area (Å²) in [5.74, 6) is -7.73. The maximum Gasteiger partial charge on any atom is 0.397 e. The fourth-order valence-electron chi connectivity index (χ4n) is 7.52. The lowest BCUT2D eigenvalue weighted by molar-refractivity contribution is -0.168. The summed E-state index contributed by atoms with van der Waals surface area (Å²) < 4.78 is 41.2. The number of carbonyl (C=O) groups excluding carboxylic acids is 7. The molecule has 64 heavy (non-hydrogen) atoms. The first-order valence-electron chi connectivity index (χ1n) is 21.7. The molecule has 2 aliphatic heterocycles. The number of hydrogen-bond acceptors (Lipinski definition) is 14. The maximum atomic E-state index is 14.8. The summed E-state index contributed by atoms with van der Waals surface area (Å²) in [6.07, 6.45) is -3.76. The number of cyclic esters (lactones) is 1. The van der Waals surface area contributed by atoms with E-state index >= 15 is 0 Å². The Morgan fingerprint density at radius 1 is 0.938 bits per heavy atom. The van der Waals surface area contributed by atoms with Crippen LogP contribution in [0.5, 0.6) is 0 Å². The van der Waals surface area contributed by atoms with Crippen LogP contribution in [0, 0.1) is 11.8 Å². The van der Waals surface area contributed by atoms with E-state index in [4.69, 9.17) is 9.29 Å². The summed E-state index contributed by atoms with van der Waals surface area (Å²) in [5, 5.41) is 32.0. The molecule has 2 fully saturated rings. The van der Waals surface area contributed by atoms with Crippen LogP contribution in [0.1, 0.15) is 85.1 Å². The number of fused-ring (bicyclic) bond motifs is 2. The molecule has 21 nitrogen and oxygen atoms in total. The van der Waals surface area contributed by atoms with Crippen LogP contribution in [0.3, 0.4) is 0 Å². The van der Waals surface area contributed by atoms with Crippen LogP contribution in [-0.2, 0) is 59.3 Å². The van der Waals surface area contributed by atoms with Gasteiger partial charge in [0.05, 0.1) is 0 Å². The number of amides is 6.